The minimum Gasteiger partial charge on any atom is -0.481 e. The van der Waals surface area contributed by atoms with E-state index in [0.717, 1.165) is 22.7 Å². The number of anilines is 1. The summed E-state index contributed by atoms with van der Waals surface area (Å²) in [7, 11) is 3.19. The van der Waals surface area contributed by atoms with Crippen molar-refractivity contribution in [3.63, 3.8) is 0 Å². The van der Waals surface area contributed by atoms with Crippen LogP contribution in [0.15, 0.2) is 24.3 Å². The van der Waals surface area contributed by atoms with E-state index in [1.54, 1.807) is 18.2 Å². The van der Waals surface area contributed by atoms with Gasteiger partial charge in [0.25, 0.3) is 0 Å². The van der Waals surface area contributed by atoms with Gasteiger partial charge >= 0.3 is 16.2 Å². The van der Waals surface area contributed by atoms with Gasteiger partial charge in [-0.15, -0.1) is 0 Å². The first kappa shape index (κ1) is 26.0. The van der Waals surface area contributed by atoms with Crippen LogP contribution < -0.4 is 9.03 Å². The predicted molar refractivity (Wildman–Crippen MR) is 121 cm³/mol. The molecule has 7 nitrogen and oxygen atoms in total. The highest BCUT2D eigenvalue weighted by atomic mass is 32.2. The first-order chi connectivity index (χ1) is 13.9. The van der Waals surface area contributed by atoms with Crippen LogP contribution in [0.3, 0.4) is 0 Å². The standard InChI is InChI=1S/C22H35N3O4S/c1-6-7-8-9-10-11-13-19-14-12-15-21(16-19)24(2)30(28,29)23-20(17-22(26)27)18-25(3,4)5/h12,14-16,20,23H,6-10,17-18H2,1-5H3/p+1/t20-/m1/s1. The van der Waals surface area contributed by atoms with Gasteiger partial charge < -0.3 is 9.59 Å². The maximum absolute atomic E-state index is 12.9. The molecule has 0 aliphatic rings. The Balaban J connectivity index is 2.90. The Labute approximate surface area is 181 Å². The van der Waals surface area contributed by atoms with Gasteiger partial charge in [-0.25, -0.2) is 0 Å². The van der Waals surface area contributed by atoms with Crippen LogP contribution in [-0.2, 0) is 15.0 Å². The topological polar surface area (TPSA) is 86.7 Å². The lowest BCUT2D eigenvalue weighted by atomic mass is 10.1. The lowest BCUT2D eigenvalue weighted by Crippen LogP contribution is -2.52. The third kappa shape index (κ3) is 10.1. The van der Waals surface area contributed by atoms with Crippen molar-refractivity contribution in [1.29, 1.82) is 0 Å². The molecule has 0 aliphatic carbocycles. The van der Waals surface area contributed by atoms with Crippen molar-refractivity contribution in [1.82, 2.24) is 4.72 Å². The molecule has 1 aromatic carbocycles. The van der Waals surface area contributed by atoms with Crippen LogP contribution in [0.4, 0.5) is 5.69 Å². The maximum atomic E-state index is 12.9. The molecule has 0 saturated heterocycles. The molecule has 0 spiro atoms. The second-order valence-electron chi connectivity index (χ2n) is 8.52. The van der Waals surface area contributed by atoms with Gasteiger partial charge in [0.15, 0.2) is 0 Å². The summed E-state index contributed by atoms with van der Waals surface area (Å²) in [6, 6.07) is 6.31. The molecule has 1 aromatic rings. The monoisotopic (exact) mass is 438 g/mol. The minimum atomic E-state index is -3.92. The molecule has 0 unspecified atom stereocenters. The number of carboxylic acid groups (broad SMARTS) is 1. The van der Waals surface area contributed by atoms with Crippen LogP contribution in [0.25, 0.3) is 0 Å². The number of rotatable bonds is 12. The summed E-state index contributed by atoms with van der Waals surface area (Å²) in [6.45, 7) is 2.52. The summed E-state index contributed by atoms with van der Waals surface area (Å²) >= 11 is 0. The van der Waals surface area contributed by atoms with E-state index in [1.807, 2.05) is 27.2 Å². The van der Waals surface area contributed by atoms with Crippen LogP contribution >= 0.6 is 0 Å². The number of nitrogens with zero attached hydrogens (tertiary/aromatic N) is 2. The van der Waals surface area contributed by atoms with Gasteiger partial charge in [0, 0.05) is 19.0 Å². The minimum absolute atomic E-state index is 0.286. The number of hydrogen-bond acceptors (Lipinski definition) is 3. The summed E-state index contributed by atoms with van der Waals surface area (Å²) < 4.78 is 29.8. The van der Waals surface area contributed by atoms with Crippen molar-refractivity contribution in [2.75, 3.05) is 39.0 Å². The third-order valence-electron chi connectivity index (χ3n) is 4.46. The number of hydrogen-bond donors (Lipinski definition) is 2. The molecule has 0 saturated carbocycles. The molecule has 0 bridgehead atoms. The highest BCUT2D eigenvalue weighted by Gasteiger charge is 2.28. The first-order valence-corrected chi connectivity index (χ1v) is 11.8. The molecule has 0 radical (unpaired) electrons. The largest absolute Gasteiger partial charge is 0.481 e. The Morgan fingerprint density at radius 1 is 1.23 bits per heavy atom. The van der Waals surface area contributed by atoms with Crippen molar-refractivity contribution in [2.24, 2.45) is 0 Å². The van der Waals surface area contributed by atoms with Gasteiger partial charge in [0.05, 0.1) is 45.8 Å². The molecular weight excluding hydrogens is 402 g/mol. The molecule has 2 N–H and O–H groups in total. The molecule has 8 heteroatoms. The van der Waals surface area contributed by atoms with Crippen molar-refractivity contribution in [3.8, 4) is 11.8 Å². The molecule has 0 aliphatic heterocycles. The molecule has 0 heterocycles. The molecular formula is C22H36N3O4S+. The van der Waals surface area contributed by atoms with Gasteiger partial charge in [-0.3, -0.25) is 9.10 Å². The highest BCUT2D eigenvalue weighted by molar-refractivity contribution is 7.90. The van der Waals surface area contributed by atoms with E-state index in [0.29, 0.717) is 16.7 Å². The van der Waals surface area contributed by atoms with Crippen molar-refractivity contribution in [2.45, 2.75) is 51.5 Å². The lowest BCUT2D eigenvalue weighted by Gasteiger charge is -2.30. The van der Waals surface area contributed by atoms with Crippen LogP contribution in [0.2, 0.25) is 0 Å². The number of benzene rings is 1. The lowest BCUT2D eigenvalue weighted by molar-refractivity contribution is -0.871. The molecule has 1 atom stereocenters. The number of carboxylic acids is 1. The summed E-state index contributed by atoms with van der Waals surface area (Å²) in [5.41, 5.74) is 1.22. The fourth-order valence-corrected chi connectivity index (χ4v) is 4.16. The van der Waals surface area contributed by atoms with Gasteiger partial charge in [0.1, 0.15) is 0 Å². The van der Waals surface area contributed by atoms with E-state index in [1.165, 1.54) is 26.3 Å². The van der Waals surface area contributed by atoms with Crippen LogP contribution in [-0.4, -0.2) is 64.8 Å². The molecule has 0 fully saturated rings. The number of carbonyl (C=O) groups is 1. The second kappa shape index (κ2) is 11.9. The molecule has 0 amide bonds. The average molecular weight is 439 g/mol. The zero-order valence-electron chi connectivity index (χ0n) is 18.8. The van der Waals surface area contributed by atoms with Crippen molar-refractivity contribution < 1.29 is 22.8 Å². The molecule has 168 valence electrons. The third-order valence-corrected chi connectivity index (χ3v) is 6.03. The number of aliphatic carboxylic acids is 1. The van der Waals surface area contributed by atoms with E-state index >= 15 is 0 Å². The van der Waals surface area contributed by atoms with Crippen molar-refractivity contribution in [3.05, 3.63) is 29.8 Å². The van der Waals surface area contributed by atoms with Gasteiger partial charge in [-0.05, 0) is 24.6 Å². The summed E-state index contributed by atoms with van der Waals surface area (Å²) in [6.07, 6.45) is 5.17. The van der Waals surface area contributed by atoms with Crippen LogP contribution in [0, 0.1) is 11.8 Å². The summed E-state index contributed by atoms with van der Waals surface area (Å²) in [5.74, 6) is 5.19. The first-order valence-electron chi connectivity index (χ1n) is 10.3. The van der Waals surface area contributed by atoms with Gasteiger partial charge in [-0.1, -0.05) is 44.1 Å². The maximum Gasteiger partial charge on any atom is 0.305 e. The van der Waals surface area contributed by atoms with Gasteiger partial charge in [0.2, 0.25) is 0 Å². The molecule has 30 heavy (non-hydrogen) atoms. The van der Waals surface area contributed by atoms with Gasteiger partial charge in [-0.2, -0.15) is 13.1 Å². The smallest absolute Gasteiger partial charge is 0.305 e. The fraction of sp³-hybridized carbons (Fsp3) is 0.591. The Hall–Kier alpha value is -2.08. The fourth-order valence-electron chi connectivity index (χ4n) is 3.03. The molecule has 1 rings (SSSR count). The molecule has 0 aromatic heterocycles. The second-order valence-corrected chi connectivity index (χ2v) is 10.3. The number of nitrogens with one attached hydrogen (secondary N) is 1. The summed E-state index contributed by atoms with van der Waals surface area (Å²) in [5, 5.41) is 9.15. The van der Waals surface area contributed by atoms with E-state index in [9.17, 15) is 13.2 Å². The van der Waals surface area contributed by atoms with Crippen LogP contribution in [0.1, 0.15) is 51.0 Å². The Kier molecular flexibility index (Phi) is 10.3. The average Bonchev–Trinajstić information content (AvgIpc) is 2.61. The predicted octanol–water partition coefficient (Wildman–Crippen LogP) is 2.83. The Bertz CT molecular complexity index is 851. The SMILES string of the molecule is CCCCCCC#Cc1cccc(N(C)S(=O)(=O)N[C@H](CC(=O)O)C[N+](C)(C)C)c1. The van der Waals surface area contributed by atoms with E-state index in [2.05, 4.69) is 23.5 Å². The normalized spacial score (nSPS) is 12.7. The van der Waals surface area contributed by atoms with E-state index in [4.69, 9.17) is 5.11 Å². The quantitative estimate of drug-likeness (QED) is 0.298. The number of likely N-dealkylation sites (N-methyl/N-ethyl adjacent to an activating group) is 1. The van der Waals surface area contributed by atoms with Crippen LogP contribution in [0.5, 0.6) is 0 Å². The van der Waals surface area contributed by atoms with E-state index < -0.39 is 22.2 Å². The zero-order chi connectivity index (χ0) is 22.8. The zero-order valence-corrected chi connectivity index (χ0v) is 19.6. The highest BCUT2D eigenvalue weighted by Crippen LogP contribution is 2.18. The van der Waals surface area contributed by atoms with E-state index in [-0.39, 0.29) is 6.42 Å². The number of quaternary nitrogens is 1. The van der Waals surface area contributed by atoms with Crippen molar-refractivity contribution >= 4 is 21.9 Å². The Morgan fingerprint density at radius 3 is 2.53 bits per heavy atom. The Morgan fingerprint density at radius 2 is 1.93 bits per heavy atom. The number of unbranched alkanes of at least 4 members (excludes halogenated alkanes) is 4. The summed E-state index contributed by atoms with van der Waals surface area (Å²) in [4.78, 5) is 11.2.